The molecule has 0 fully saturated rings. The van der Waals surface area contributed by atoms with Gasteiger partial charge in [-0.05, 0) is 55.3 Å². The van der Waals surface area contributed by atoms with Crippen molar-refractivity contribution < 1.29 is 28.5 Å². The number of esters is 1. The van der Waals surface area contributed by atoms with Gasteiger partial charge >= 0.3 is 5.97 Å². The summed E-state index contributed by atoms with van der Waals surface area (Å²) in [7, 11) is 0. The molecule has 0 radical (unpaired) electrons. The maximum atomic E-state index is 12.2. The van der Waals surface area contributed by atoms with Crippen LogP contribution < -0.4 is 19.5 Å². The Labute approximate surface area is 169 Å². The Morgan fingerprint density at radius 3 is 2.66 bits per heavy atom. The molecule has 1 unspecified atom stereocenters. The Morgan fingerprint density at radius 1 is 1.14 bits per heavy atom. The van der Waals surface area contributed by atoms with E-state index in [9.17, 15) is 9.59 Å². The second-order valence-corrected chi connectivity index (χ2v) is 6.32. The average Bonchev–Trinajstić information content (AvgIpc) is 3.19. The van der Waals surface area contributed by atoms with Gasteiger partial charge in [0.15, 0.2) is 17.6 Å². The van der Waals surface area contributed by atoms with E-state index in [0.717, 1.165) is 16.9 Å². The summed E-state index contributed by atoms with van der Waals surface area (Å²) in [4.78, 5) is 24.1. The van der Waals surface area contributed by atoms with Gasteiger partial charge in [-0.2, -0.15) is 0 Å². The highest BCUT2D eigenvalue weighted by molar-refractivity contribution is 5.90. The summed E-state index contributed by atoms with van der Waals surface area (Å²) in [5, 5.41) is 2.74. The third-order valence-electron chi connectivity index (χ3n) is 4.17. The molecule has 0 saturated heterocycles. The molecule has 152 valence electrons. The molecule has 0 aromatic heterocycles. The molecule has 0 saturated carbocycles. The Hall–Kier alpha value is -3.48. The van der Waals surface area contributed by atoms with Crippen LogP contribution in [-0.2, 0) is 20.9 Å². The molecule has 3 rings (SSSR count). The average molecular weight is 397 g/mol. The number of rotatable bonds is 8. The van der Waals surface area contributed by atoms with E-state index >= 15 is 0 Å². The zero-order chi connectivity index (χ0) is 20.6. The second-order valence-electron chi connectivity index (χ2n) is 6.32. The first-order valence-electron chi connectivity index (χ1n) is 9.33. The van der Waals surface area contributed by atoms with Crippen LogP contribution in [-0.4, -0.2) is 31.4 Å². The van der Waals surface area contributed by atoms with Crippen molar-refractivity contribution in [3.63, 3.8) is 0 Å². The van der Waals surface area contributed by atoms with Gasteiger partial charge in [-0.3, -0.25) is 4.79 Å². The second kappa shape index (κ2) is 9.64. The lowest BCUT2D eigenvalue weighted by atomic mass is 10.2. The molecule has 0 spiro atoms. The molecular weight excluding hydrogens is 374 g/mol. The van der Waals surface area contributed by atoms with Crippen LogP contribution in [0.4, 0.5) is 0 Å². The van der Waals surface area contributed by atoms with E-state index < -0.39 is 12.1 Å². The first-order valence-corrected chi connectivity index (χ1v) is 9.33. The highest BCUT2D eigenvalue weighted by atomic mass is 16.7. The SMILES string of the molecule is CCOc1ccc(/C=C/C(=O)OC(C)C(=O)NCc2ccc3c(c2)OCO3)cc1. The number of fused-ring (bicyclic) bond motifs is 1. The molecule has 1 aliphatic rings. The molecule has 7 nitrogen and oxygen atoms in total. The van der Waals surface area contributed by atoms with E-state index in [4.69, 9.17) is 18.9 Å². The Kier molecular flexibility index (Phi) is 6.73. The number of ether oxygens (including phenoxy) is 4. The summed E-state index contributed by atoms with van der Waals surface area (Å²) in [5.74, 6) is 1.12. The molecular formula is C22H23NO6. The predicted octanol–water partition coefficient (Wildman–Crippen LogP) is 3.08. The number of hydrogen-bond donors (Lipinski definition) is 1. The summed E-state index contributed by atoms with van der Waals surface area (Å²) in [6.45, 7) is 4.52. The molecule has 1 heterocycles. The Morgan fingerprint density at radius 2 is 1.90 bits per heavy atom. The van der Waals surface area contributed by atoms with Crippen molar-refractivity contribution in [2.75, 3.05) is 13.4 Å². The quantitative estimate of drug-likeness (QED) is 0.545. The monoisotopic (exact) mass is 397 g/mol. The summed E-state index contributed by atoms with van der Waals surface area (Å²) in [6.07, 6.45) is 1.99. The van der Waals surface area contributed by atoms with Crippen LogP contribution in [0.3, 0.4) is 0 Å². The summed E-state index contributed by atoms with van der Waals surface area (Å²) in [6, 6.07) is 12.7. The van der Waals surface area contributed by atoms with Crippen molar-refractivity contribution in [2.45, 2.75) is 26.5 Å². The van der Waals surface area contributed by atoms with Crippen molar-refractivity contribution >= 4 is 18.0 Å². The van der Waals surface area contributed by atoms with E-state index in [1.165, 1.54) is 13.0 Å². The van der Waals surface area contributed by atoms with Gasteiger partial charge < -0.3 is 24.3 Å². The van der Waals surface area contributed by atoms with Crippen molar-refractivity contribution in [1.29, 1.82) is 0 Å². The Bertz CT molecular complexity index is 891. The maximum Gasteiger partial charge on any atom is 0.331 e. The fourth-order valence-electron chi connectivity index (χ4n) is 2.66. The normalized spacial score (nSPS) is 13.2. The van der Waals surface area contributed by atoms with Gasteiger partial charge in [0.2, 0.25) is 6.79 Å². The van der Waals surface area contributed by atoms with E-state index in [2.05, 4.69) is 5.32 Å². The zero-order valence-electron chi connectivity index (χ0n) is 16.3. The lowest BCUT2D eigenvalue weighted by molar-refractivity contribution is -0.150. The van der Waals surface area contributed by atoms with Crippen molar-refractivity contribution in [1.82, 2.24) is 5.32 Å². The van der Waals surface area contributed by atoms with Gasteiger partial charge in [-0.15, -0.1) is 0 Å². The molecule has 0 aliphatic carbocycles. The highest BCUT2D eigenvalue weighted by Crippen LogP contribution is 2.32. The van der Waals surface area contributed by atoms with Crippen LogP contribution in [0.1, 0.15) is 25.0 Å². The predicted molar refractivity (Wildman–Crippen MR) is 107 cm³/mol. The molecule has 2 aromatic rings. The first-order chi connectivity index (χ1) is 14.0. The minimum atomic E-state index is -0.915. The van der Waals surface area contributed by atoms with Crippen molar-refractivity contribution in [3.05, 3.63) is 59.7 Å². The van der Waals surface area contributed by atoms with Gasteiger partial charge in [-0.25, -0.2) is 4.79 Å². The number of amides is 1. The fourth-order valence-corrected chi connectivity index (χ4v) is 2.66. The number of carbonyl (C=O) groups is 2. The van der Waals surface area contributed by atoms with Gasteiger partial charge in [-0.1, -0.05) is 18.2 Å². The van der Waals surface area contributed by atoms with Crippen LogP contribution in [0, 0.1) is 0 Å². The minimum absolute atomic E-state index is 0.197. The van der Waals surface area contributed by atoms with Gasteiger partial charge in [0.1, 0.15) is 5.75 Å². The summed E-state index contributed by atoms with van der Waals surface area (Å²) in [5.41, 5.74) is 1.68. The maximum absolute atomic E-state index is 12.2. The topological polar surface area (TPSA) is 83.1 Å². The number of carbonyl (C=O) groups excluding carboxylic acids is 2. The highest BCUT2D eigenvalue weighted by Gasteiger charge is 2.17. The largest absolute Gasteiger partial charge is 0.494 e. The molecule has 7 heteroatoms. The fraction of sp³-hybridized carbons (Fsp3) is 0.273. The van der Waals surface area contributed by atoms with Crippen LogP contribution >= 0.6 is 0 Å². The van der Waals surface area contributed by atoms with Crippen LogP contribution in [0.25, 0.3) is 6.08 Å². The van der Waals surface area contributed by atoms with Gasteiger partial charge in [0.05, 0.1) is 6.61 Å². The number of nitrogens with one attached hydrogen (secondary N) is 1. The summed E-state index contributed by atoms with van der Waals surface area (Å²) >= 11 is 0. The lowest BCUT2D eigenvalue weighted by Gasteiger charge is -2.12. The molecule has 0 bridgehead atoms. The first kappa shape index (κ1) is 20.3. The van der Waals surface area contributed by atoms with Crippen LogP contribution in [0.15, 0.2) is 48.5 Å². The van der Waals surface area contributed by atoms with Gasteiger partial charge in [0.25, 0.3) is 5.91 Å². The van der Waals surface area contributed by atoms with Crippen molar-refractivity contribution in [3.8, 4) is 17.2 Å². The molecule has 1 N–H and O–H groups in total. The third kappa shape index (κ3) is 5.75. The molecule has 1 aliphatic heterocycles. The van der Waals surface area contributed by atoms with E-state index in [1.807, 2.05) is 37.3 Å². The smallest absolute Gasteiger partial charge is 0.331 e. The molecule has 1 amide bonds. The lowest BCUT2D eigenvalue weighted by Crippen LogP contribution is -2.35. The Balaban J connectivity index is 1.45. The summed E-state index contributed by atoms with van der Waals surface area (Å²) < 4.78 is 21.1. The van der Waals surface area contributed by atoms with Crippen LogP contribution in [0.5, 0.6) is 17.2 Å². The number of hydrogen-bond acceptors (Lipinski definition) is 6. The van der Waals surface area contributed by atoms with Gasteiger partial charge in [0, 0.05) is 12.6 Å². The van der Waals surface area contributed by atoms with E-state index in [0.29, 0.717) is 24.7 Å². The standard InChI is InChI=1S/C22H23NO6/c1-3-26-18-8-4-16(5-9-18)7-11-21(24)29-15(2)22(25)23-13-17-6-10-19-20(12-17)28-14-27-19/h4-12,15H,3,13-14H2,1-2H3,(H,23,25)/b11-7+. The van der Waals surface area contributed by atoms with Crippen LogP contribution in [0.2, 0.25) is 0 Å². The molecule has 2 aromatic carbocycles. The minimum Gasteiger partial charge on any atom is -0.494 e. The van der Waals surface area contributed by atoms with E-state index in [-0.39, 0.29) is 12.7 Å². The third-order valence-corrected chi connectivity index (χ3v) is 4.17. The van der Waals surface area contributed by atoms with E-state index in [1.54, 1.807) is 18.2 Å². The molecule has 29 heavy (non-hydrogen) atoms. The van der Waals surface area contributed by atoms with Crippen molar-refractivity contribution in [2.24, 2.45) is 0 Å². The zero-order valence-corrected chi connectivity index (χ0v) is 16.3. The molecule has 1 atom stereocenters. The number of benzene rings is 2.